The highest BCUT2D eigenvalue weighted by Crippen LogP contribution is 2.22. The van der Waals surface area contributed by atoms with Gasteiger partial charge < -0.3 is 10.1 Å². The second-order valence-electron chi connectivity index (χ2n) is 5.72. The van der Waals surface area contributed by atoms with E-state index in [4.69, 9.17) is 4.74 Å². The summed E-state index contributed by atoms with van der Waals surface area (Å²) >= 11 is 0. The van der Waals surface area contributed by atoms with Gasteiger partial charge in [0.05, 0.1) is 12.7 Å². The first kappa shape index (κ1) is 15.9. The molecule has 0 rings (SSSR count). The molecule has 0 fully saturated rings. The van der Waals surface area contributed by atoms with E-state index in [0.717, 1.165) is 19.7 Å². The van der Waals surface area contributed by atoms with Crippen molar-refractivity contribution in [3.8, 4) is 0 Å². The molecule has 2 heteroatoms. The number of ether oxygens (including phenoxy) is 1. The monoisotopic (exact) mass is 229 g/mol. The molecule has 0 amide bonds. The van der Waals surface area contributed by atoms with Gasteiger partial charge in [-0.2, -0.15) is 0 Å². The van der Waals surface area contributed by atoms with E-state index in [1.165, 1.54) is 25.7 Å². The van der Waals surface area contributed by atoms with Crippen molar-refractivity contribution in [3.63, 3.8) is 0 Å². The van der Waals surface area contributed by atoms with E-state index in [0.29, 0.717) is 11.5 Å². The van der Waals surface area contributed by atoms with Crippen molar-refractivity contribution in [2.45, 2.75) is 66.4 Å². The molecule has 1 N–H and O–H groups in total. The molecule has 0 spiro atoms. The third kappa shape index (κ3) is 10.4. The predicted octanol–water partition coefficient (Wildman–Crippen LogP) is 3.61. The summed E-state index contributed by atoms with van der Waals surface area (Å²) in [7, 11) is 0. The Morgan fingerprint density at radius 3 is 2.44 bits per heavy atom. The van der Waals surface area contributed by atoms with Gasteiger partial charge in [0.2, 0.25) is 0 Å². The van der Waals surface area contributed by atoms with Gasteiger partial charge in [-0.25, -0.2) is 0 Å². The lowest BCUT2D eigenvalue weighted by molar-refractivity contribution is 0.0793. The summed E-state index contributed by atoms with van der Waals surface area (Å²) < 4.78 is 5.49. The molecule has 0 bridgehead atoms. The summed E-state index contributed by atoms with van der Waals surface area (Å²) in [6.07, 6.45) is 5.69. The summed E-state index contributed by atoms with van der Waals surface area (Å²) in [6.45, 7) is 14.0. The van der Waals surface area contributed by atoms with E-state index >= 15 is 0 Å². The average Bonchev–Trinajstić information content (AvgIpc) is 2.16. The first-order valence-corrected chi connectivity index (χ1v) is 6.80. The third-order valence-corrected chi connectivity index (χ3v) is 2.79. The number of hydrogen-bond acceptors (Lipinski definition) is 2. The molecule has 0 aliphatic rings. The maximum atomic E-state index is 5.49. The molecule has 0 aliphatic carbocycles. The van der Waals surface area contributed by atoms with Crippen LogP contribution in [0.3, 0.4) is 0 Å². The lowest BCUT2D eigenvalue weighted by atomic mass is 9.87. The second kappa shape index (κ2) is 9.00. The van der Waals surface area contributed by atoms with Crippen molar-refractivity contribution in [1.29, 1.82) is 0 Å². The molecular weight excluding hydrogens is 198 g/mol. The highest BCUT2D eigenvalue weighted by atomic mass is 16.5. The van der Waals surface area contributed by atoms with Gasteiger partial charge in [0.15, 0.2) is 0 Å². The maximum absolute atomic E-state index is 5.49. The van der Waals surface area contributed by atoms with Crippen LogP contribution in [0.15, 0.2) is 0 Å². The van der Waals surface area contributed by atoms with Crippen LogP contribution < -0.4 is 5.32 Å². The first-order valence-electron chi connectivity index (χ1n) is 6.80. The molecule has 0 aliphatic heterocycles. The molecule has 98 valence electrons. The van der Waals surface area contributed by atoms with Crippen molar-refractivity contribution in [2.24, 2.45) is 5.41 Å². The van der Waals surface area contributed by atoms with Crippen molar-refractivity contribution < 1.29 is 4.74 Å². The van der Waals surface area contributed by atoms with E-state index in [-0.39, 0.29) is 0 Å². The van der Waals surface area contributed by atoms with Crippen molar-refractivity contribution >= 4 is 0 Å². The minimum Gasteiger partial charge on any atom is -0.377 e. The van der Waals surface area contributed by atoms with Gasteiger partial charge >= 0.3 is 0 Å². The molecule has 0 aromatic carbocycles. The van der Waals surface area contributed by atoms with Gasteiger partial charge in [-0.3, -0.25) is 0 Å². The second-order valence-corrected chi connectivity index (χ2v) is 5.72. The van der Waals surface area contributed by atoms with E-state index < -0.39 is 0 Å². The summed E-state index contributed by atoms with van der Waals surface area (Å²) in [5.41, 5.74) is 0.424. The van der Waals surface area contributed by atoms with Crippen LogP contribution >= 0.6 is 0 Å². The summed E-state index contributed by atoms with van der Waals surface area (Å²) in [5, 5.41) is 3.48. The Morgan fingerprint density at radius 1 is 1.19 bits per heavy atom. The molecule has 0 saturated carbocycles. The van der Waals surface area contributed by atoms with Crippen LogP contribution in [-0.4, -0.2) is 25.8 Å². The average molecular weight is 229 g/mol. The molecule has 0 heterocycles. The zero-order valence-corrected chi connectivity index (χ0v) is 11.9. The fourth-order valence-corrected chi connectivity index (χ4v) is 1.74. The molecular formula is C14H31NO. The minimum atomic E-state index is 0.347. The zero-order valence-electron chi connectivity index (χ0n) is 11.9. The van der Waals surface area contributed by atoms with Gasteiger partial charge in [0.25, 0.3) is 0 Å². The number of rotatable bonds is 10. The number of hydrogen-bond donors (Lipinski definition) is 1. The normalized spacial score (nSPS) is 12.4. The van der Waals surface area contributed by atoms with Gasteiger partial charge in [0, 0.05) is 13.1 Å². The quantitative estimate of drug-likeness (QED) is 0.578. The van der Waals surface area contributed by atoms with Gasteiger partial charge in [0.1, 0.15) is 0 Å². The smallest absolute Gasteiger partial charge is 0.0594 e. The van der Waals surface area contributed by atoms with Crippen LogP contribution in [-0.2, 0) is 4.74 Å². The van der Waals surface area contributed by atoms with Gasteiger partial charge in [-0.15, -0.1) is 0 Å². The molecule has 0 unspecified atom stereocenters. The summed E-state index contributed by atoms with van der Waals surface area (Å²) in [6, 6.07) is 0. The van der Waals surface area contributed by atoms with E-state index in [9.17, 15) is 0 Å². The fourth-order valence-electron chi connectivity index (χ4n) is 1.74. The van der Waals surface area contributed by atoms with E-state index in [2.05, 4.69) is 39.9 Å². The van der Waals surface area contributed by atoms with Crippen molar-refractivity contribution in [1.82, 2.24) is 5.32 Å². The highest BCUT2D eigenvalue weighted by Gasteiger charge is 2.16. The zero-order chi connectivity index (χ0) is 12.4. The van der Waals surface area contributed by atoms with Crippen LogP contribution in [0.5, 0.6) is 0 Å². The predicted molar refractivity (Wildman–Crippen MR) is 71.9 cm³/mol. The van der Waals surface area contributed by atoms with Gasteiger partial charge in [-0.1, -0.05) is 40.0 Å². The molecule has 0 aromatic heterocycles. The molecule has 0 saturated heterocycles. The highest BCUT2D eigenvalue weighted by molar-refractivity contribution is 4.71. The lowest BCUT2D eigenvalue weighted by Crippen LogP contribution is -2.32. The Labute approximate surface area is 102 Å². The number of nitrogens with one attached hydrogen (secondary N) is 1. The summed E-state index contributed by atoms with van der Waals surface area (Å²) in [5.74, 6) is 0. The van der Waals surface area contributed by atoms with Crippen molar-refractivity contribution in [2.75, 3.05) is 19.7 Å². The Kier molecular flexibility index (Phi) is 8.96. The minimum absolute atomic E-state index is 0.347. The Bertz CT molecular complexity index is 155. The molecule has 2 nitrogen and oxygen atoms in total. The standard InChI is InChI=1S/C14H31NO/c1-6-7-8-9-14(4,5)12-15-10-11-16-13(2)3/h13,15H,6-12H2,1-5H3. The van der Waals surface area contributed by atoms with Gasteiger partial charge in [-0.05, 0) is 25.7 Å². The van der Waals surface area contributed by atoms with E-state index in [1.54, 1.807) is 0 Å². The molecule has 16 heavy (non-hydrogen) atoms. The Hall–Kier alpha value is -0.0800. The van der Waals surface area contributed by atoms with Crippen LogP contribution in [0.1, 0.15) is 60.3 Å². The van der Waals surface area contributed by atoms with Crippen LogP contribution in [0.25, 0.3) is 0 Å². The van der Waals surface area contributed by atoms with Crippen molar-refractivity contribution in [3.05, 3.63) is 0 Å². The topological polar surface area (TPSA) is 21.3 Å². The molecule has 0 aromatic rings. The van der Waals surface area contributed by atoms with Crippen LogP contribution in [0, 0.1) is 5.41 Å². The van der Waals surface area contributed by atoms with Crippen LogP contribution in [0.2, 0.25) is 0 Å². The SMILES string of the molecule is CCCCCC(C)(C)CNCCOC(C)C. The third-order valence-electron chi connectivity index (χ3n) is 2.79. The lowest BCUT2D eigenvalue weighted by Gasteiger charge is -2.25. The Morgan fingerprint density at radius 2 is 1.88 bits per heavy atom. The molecule has 0 atom stereocenters. The van der Waals surface area contributed by atoms with Crippen LogP contribution in [0.4, 0.5) is 0 Å². The molecule has 0 radical (unpaired) electrons. The Balaban J connectivity index is 3.42. The number of unbranched alkanes of at least 4 members (excludes halogenated alkanes) is 2. The fraction of sp³-hybridized carbons (Fsp3) is 1.00. The first-order chi connectivity index (χ1) is 7.48. The summed E-state index contributed by atoms with van der Waals surface area (Å²) in [4.78, 5) is 0. The maximum Gasteiger partial charge on any atom is 0.0594 e. The van der Waals surface area contributed by atoms with E-state index in [1.807, 2.05) is 0 Å². The largest absolute Gasteiger partial charge is 0.377 e.